The number of aromatic nitrogens is 2. The highest BCUT2D eigenvalue weighted by Gasteiger charge is 2.47. The first-order chi connectivity index (χ1) is 11.4. The van der Waals surface area contributed by atoms with Crippen molar-refractivity contribution in [3.05, 3.63) is 23.7 Å². The summed E-state index contributed by atoms with van der Waals surface area (Å²) in [4.78, 5) is 3.91. The summed E-state index contributed by atoms with van der Waals surface area (Å²) < 4.78 is 63.8. The lowest BCUT2D eigenvalue weighted by atomic mass is 9.97. The Bertz CT molecular complexity index is 827. The molecule has 0 radical (unpaired) electrons. The molecule has 1 atom stereocenters. The van der Waals surface area contributed by atoms with E-state index in [0.29, 0.717) is 0 Å². The molecule has 1 aliphatic heterocycles. The minimum atomic E-state index is -4.62. The van der Waals surface area contributed by atoms with Gasteiger partial charge in [-0.15, -0.1) is 0 Å². The van der Waals surface area contributed by atoms with E-state index in [1.54, 1.807) is 0 Å². The SMILES string of the molecule is CCC1(N)N=C(Nc2cnn(S(=O)(=O)CC)c2C)NC=C1C(F)(F)F. The Labute approximate surface area is 143 Å². The second-order valence-electron chi connectivity index (χ2n) is 5.45. The molecule has 2 heterocycles. The van der Waals surface area contributed by atoms with Crippen molar-refractivity contribution < 1.29 is 21.6 Å². The fourth-order valence-corrected chi connectivity index (χ4v) is 3.22. The van der Waals surface area contributed by atoms with Crippen LogP contribution >= 0.6 is 0 Å². The second kappa shape index (κ2) is 6.33. The second-order valence-corrected chi connectivity index (χ2v) is 7.54. The number of nitrogens with zero attached hydrogens (tertiary/aromatic N) is 3. The number of anilines is 1. The van der Waals surface area contributed by atoms with E-state index in [9.17, 15) is 21.6 Å². The van der Waals surface area contributed by atoms with Crippen molar-refractivity contribution in [2.75, 3.05) is 11.1 Å². The number of rotatable bonds is 4. The topological polar surface area (TPSA) is 114 Å². The molecule has 2 rings (SSSR count). The maximum Gasteiger partial charge on any atom is 0.417 e. The summed E-state index contributed by atoms with van der Waals surface area (Å²) in [6.45, 7) is 4.48. The number of nitrogens with two attached hydrogens (primary N) is 1. The van der Waals surface area contributed by atoms with E-state index >= 15 is 0 Å². The number of hydrogen-bond donors (Lipinski definition) is 3. The lowest BCUT2D eigenvalue weighted by Crippen LogP contribution is -2.51. The third-order valence-electron chi connectivity index (χ3n) is 3.83. The minimum Gasteiger partial charge on any atom is -0.332 e. The molecule has 0 amide bonds. The summed E-state index contributed by atoms with van der Waals surface area (Å²) in [7, 11) is -3.58. The molecule has 0 bridgehead atoms. The van der Waals surface area contributed by atoms with Crippen molar-refractivity contribution in [1.29, 1.82) is 0 Å². The Morgan fingerprint density at radius 2 is 2.04 bits per heavy atom. The molecule has 1 aliphatic rings. The maximum absolute atomic E-state index is 13.1. The van der Waals surface area contributed by atoms with Crippen LogP contribution < -0.4 is 16.4 Å². The lowest BCUT2D eigenvalue weighted by molar-refractivity contribution is -0.101. The molecule has 140 valence electrons. The van der Waals surface area contributed by atoms with E-state index in [1.165, 1.54) is 27.0 Å². The van der Waals surface area contributed by atoms with Crippen LogP contribution in [0.25, 0.3) is 0 Å². The number of nitrogens with one attached hydrogen (secondary N) is 2. The molecule has 0 spiro atoms. The van der Waals surface area contributed by atoms with Gasteiger partial charge in [-0.2, -0.15) is 22.4 Å². The zero-order valence-corrected chi connectivity index (χ0v) is 14.7. The van der Waals surface area contributed by atoms with Crippen molar-refractivity contribution in [2.24, 2.45) is 10.7 Å². The fourth-order valence-electron chi connectivity index (χ4n) is 2.26. The quantitative estimate of drug-likeness (QED) is 0.725. The predicted molar refractivity (Wildman–Crippen MR) is 87.4 cm³/mol. The minimum absolute atomic E-state index is 0.0334. The van der Waals surface area contributed by atoms with E-state index in [1.807, 2.05) is 0 Å². The Kier molecular flexibility index (Phi) is 4.88. The van der Waals surface area contributed by atoms with E-state index in [-0.39, 0.29) is 29.5 Å². The molecular weight excluding hydrogens is 361 g/mol. The first-order valence-electron chi connectivity index (χ1n) is 7.42. The van der Waals surface area contributed by atoms with Crippen molar-refractivity contribution in [1.82, 2.24) is 14.5 Å². The van der Waals surface area contributed by atoms with Crippen LogP contribution in [0.2, 0.25) is 0 Å². The van der Waals surface area contributed by atoms with Crippen LogP contribution in [0, 0.1) is 6.92 Å². The molecule has 0 aromatic carbocycles. The van der Waals surface area contributed by atoms with Gasteiger partial charge in [0.25, 0.3) is 10.0 Å². The molecule has 0 saturated carbocycles. The molecule has 4 N–H and O–H groups in total. The number of hydrogen-bond acceptors (Lipinski definition) is 7. The van der Waals surface area contributed by atoms with Crippen molar-refractivity contribution in [3.63, 3.8) is 0 Å². The van der Waals surface area contributed by atoms with Gasteiger partial charge in [0, 0.05) is 6.20 Å². The van der Waals surface area contributed by atoms with E-state index in [4.69, 9.17) is 5.73 Å². The molecule has 1 unspecified atom stereocenters. The molecule has 0 saturated heterocycles. The molecule has 12 heteroatoms. The van der Waals surface area contributed by atoms with Gasteiger partial charge < -0.3 is 16.4 Å². The van der Waals surface area contributed by atoms with Crippen LogP contribution in [0.3, 0.4) is 0 Å². The largest absolute Gasteiger partial charge is 0.417 e. The van der Waals surface area contributed by atoms with Crippen LogP contribution in [0.5, 0.6) is 0 Å². The van der Waals surface area contributed by atoms with Crippen LogP contribution in [0.15, 0.2) is 23.0 Å². The summed E-state index contributed by atoms with van der Waals surface area (Å²) in [6.07, 6.45) is -2.70. The van der Waals surface area contributed by atoms with Crippen molar-refractivity contribution in [2.45, 2.75) is 39.0 Å². The van der Waals surface area contributed by atoms with E-state index in [2.05, 4.69) is 20.7 Å². The molecular formula is C13H19F3N6O2S. The number of alkyl halides is 3. The van der Waals surface area contributed by atoms with Gasteiger partial charge in [-0.25, -0.2) is 13.4 Å². The number of halogens is 3. The molecule has 1 aromatic rings. The summed E-state index contributed by atoms with van der Waals surface area (Å²) >= 11 is 0. The average molecular weight is 380 g/mol. The van der Waals surface area contributed by atoms with E-state index in [0.717, 1.165) is 10.3 Å². The molecule has 1 aromatic heterocycles. The number of guanidine groups is 1. The third-order valence-corrected chi connectivity index (χ3v) is 5.45. The first-order valence-corrected chi connectivity index (χ1v) is 9.03. The van der Waals surface area contributed by atoms with Gasteiger partial charge in [0.05, 0.1) is 28.9 Å². The highest BCUT2D eigenvalue weighted by molar-refractivity contribution is 7.89. The molecule has 8 nitrogen and oxygen atoms in total. The Morgan fingerprint density at radius 3 is 2.56 bits per heavy atom. The van der Waals surface area contributed by atoms with Crippen LogP contribution in [0.4, 0.5) is 18.9 Å². The van der Waals surface area contributed by atoms with Gasteiger partial charge in [0.1, 0.15) is 5.66 Å². The van der Waals surface area contributed by atoms with E-state index < -0.39 is 27.4 Å². The fraction of sp³-hybridized carbons (Fsp3) is 0.538. The van der Waals surface area contributed by atoms with Gasteiger partial charge in [0.15, 0.2) is 0 Å². The van der Waals surface area contributed by atoms with Crippen molar-refractivity contribution in [3.8, 4) is 0 Å². The third kappa shape index (κ3) is 3.63. The predicted octanol–water partition coefficient (Wildman–Crippen LogP) is 1.27. The van der Waals surface area contributed by atoms with Crippen LogP contribution in [-0.2, 0) is 10.0 Å². The molecule has 25 heavy (non-hydrogen) atoms. The standard InChI is InChI=1S/C13H19F3N6O2S/c1-4-12(17)10(13(14,15)16)7-18-11(21-12)20-9-6-19-22(8(9)3)25(23,24)5-2/h6-7H,4-5,17H2,1-3H3,(H2,18,20,21). The van der Waals surface area contributed by atoms with Gasteiger partial charge in [0.2, 0.25) is 5.96 Å². The maximum atomic E-state index is 13.1. The monoisotopic (exact) mass is 380 g/mol. The molecule has 0 aliphatic carbocycles. The van der Waals surface area contributed by atoms with Gasteiger partial charge in [-0.3, -0.25) is 0 Å². The Morgan fingerprint density at radius 1 is 1.40 bits per heavy atom. The van der Waals surface area contributed by atoms with Crippen LogP contribution in [0.1, 0.15) is 26.0 Å². The highest BCUT2D eigenvalue weighted by Crippen LogP contribution is 2.36. The molecule has 0 fully saturated rings. The van der Waals surface area contributed by atoms with Gasteiger partial charge in [-0.05, 0) is 20.3 Å². The smallest absolute Gasteiger partial charge is 0.332 e. The Hall–Kier alpha value is -2.08. The van der Waals surface area contributed by atoms with Crippen LogP contribution in [-0.4, -0.2) is 41.2 Å². The average Bonchev–Trinajstić information content (AvgIpc) is 2.88. The number of aliphatic imine (C=N–C) groups is 1. The summed E-state index contributed by atoms with van der Waals surface area (Å²) in [5, 5.41) is 8.91. The zero-order valence-electron chi connectivity index (χ0n) is 13.8. The van der Waals surface area contributed by atoms with Crippen molar-refractivity contribution >= 4 is 21.7 Å². The first kappa shape index (κ1) is 19.2. The van der Waals surface area contributed by atoms with Gasteiger partial charge in [-0.1, -0.05) is 6.92 Å². The summed E-state index contributed by atoms with van der Waals surface area (Å²) in [6, 6.07) is 0. The normalized spacial score (nSPS) is 21.4. The Balaban J connectivity index is 2.32. The summed E-state index contributed by atoms with van der Waals surface area (Å²) in [5.41, 5.74) is 3.42. The lowest BCUT2D eigenvalue weighted by Gasteiger charge is -2.32. The highest BCUT2D eigenvalue weighted by atomic mass is 32.2. The summed E-state index contributed by atoms with van der Waals surface area (Å²) in [5.74, 6) is -0.179. The zero-order chi connectivity index (χ0) is 19.0. The van der Waals surface area contributed by atoms with Gasteiger partial charge >= 0.3 is 6.18 Å².